The number of halogens is 1. The number of aryl methyl sites for hydroxylation is 1. The first kappa shape index (κ1) is 19.0. The molecule has 1 atom stereocenters. The number of hydrogen-bond donors (Lipinski definition) is 2. The van der Waals surface area contributed by atoms with Crippen molar-refractivity contribution < 1.29 is 9.59 Å². The van der Waals surface area contributed by atoms with Crippen molar-refractivity contribution in [3.05, 3.63) is 64.7 Å². The molecule has 0 spiro atoms. The third-order valence-electron chi connectivity index (χ3n) is 3.83. The van der Waals surface area contributed by atoms with Gasteiger partial charge in [-0.1, -0.05) is 43.6 Å². The van der Waals surface area contributed by atoms with E-state index in [-0.39, 0.29) is 17.7 Å². The average molecular weight is 359 g/mol. The van der Waals surface area contributed by atoms with Crippen molar-refractivity contribution in [3.8, 4) is 0 Å². The van der Waals surface area contributed by atoms with E-state index in [1.54, 1.807) is 30.3 Å². The SMILES string of the molecule is Cc1ccccc1C(=O)NC(CC(C)C)C(=O)Nc1ccc(Cl)cc1. The number of rotatable bonds is 6. The van der Waals surface area contributed by atoms with Crippen LogP contribution in [0.1, 0.15) is 36.2 Å². The number of carbonyl (C=O) groups is 2. The predicted octanol–water partition coefficient (Wildman–Crippen LogP) is 4.43. The number of carbonyl (C=O) groups excluding carboxylic acids is 2. The van der Waals surface area contributed by atoms with Crippen molar-refractivity contribution in [1.82, 2.24) is 5.32 Å². The van der Waals surface area contributed by atoms with Gasteiger partial charge in [-0.25, -0.2) is 0 Å². The molecule has 0 heterocycles. The van der Waals surface area contributed by atoms with E-state index in [1.807, 2.05) is 39.0 Å². The highest BCUT2D eigenvalue weighted by atomic mass is 35.5. The van der Waals surface area contributed by atoms with Gasteiger partial charge in [-0.2, -0.15) is 0 Å². The van der Waals surface area contributed by atoms with Gasteiger partial charge in [0.15, 0.2) is 0 Å². The maximum atomic E-state index is 12.6. The number of amides is 2. The lowest BCUT2D eigenvalue weighted by Gasteiger charge is -2.20. The summed E-state index contributed by atoms with van der Waals surface area (Å²) in [5.74, 6) is -0.217. The standard InChI is InChI=1S/C20H23ClN2O2/c1-13(2)12-18(20(25)22-16-10-8-15(21)9-11-16)23-19(24)17-7-5-4-6-14(17)3/h4-11,13,18H,12H2,1-3H3,(H,22,25)(H,23,24). The summed E-state index contributed by atoms with van der Waals surface area (Å²) in [7, 11) is 0. The van der Waals surface area contributed by atoms with E-state index in [0.717, 1.165) is 5.56 Å². The number of anilines is 1. The first-order chi connectivity index (χ1) is 11.9. The predicted molar refractivity (Wildman–Crippen MR) is 102 cm³/mol. The van der Waals surface area contributed by atoms with E-state index in [9.17, 15) is 9.59 Å². The average Bonchev–Trinajstić information content (AvgIpc) is 2.56. The lowest BCUT2D eigenvalue weighted by Crippen LogP contribution is -2.44. The van der Waals surface area contributed by atoms with Gasteiger partial charge in [-0.3, -0.25) is 9.59 Å². The third kappa shape index (κ3) is 5.61. The Balaban J connectivity index is 2.12. The molecule has 132 valence electrons. The van der Waals surface area contributed by atoms with E-state index in [2.05, 4.69) is 10.6 Å². The highest BCUT2D eigenvalue weighted by molar-refractivity contribution is 6.30. The number of nitrogens with one attached hydrogen (secondary N) is 2. The van der Waals surface area contributed by atoms with Gasteiger partial charge in [-0.05, 0) is 55.2 Å². The van der Waals surface area contributed by atoms with Crippen molar-refractivity contribution in [2.45, 2.75) is 33.2 Å². The molecule has 2 amide bonds. The van der Waals surface area contributed by atoms with Crippen LogP contribution in [-0.4, -0.2) is 17.9 Å². The Kier molecular flexibility index (Phi) is 6.59. The van der Waals surface area contributed by atoms with Crippen LogP contribution in [0.15, 0.2) is 48.5 Å². The molecule has 0 aliphatic rings. The van der Waals surface area contributed by atoms with Crippen LogP contribution in [0.25, 0.3) is 0 Å². The van der Waals surface area contributed by atoms with Crippen LogP contribution in [0, 0.1) is 12.8 Å². The molecule has 2 aromatic rings. The second-order valence-corrected chi connectivity index (χ2v) is 6.90. The zero-order valence-electron chi connectivity index (χ0n) is 14.7. The Hall–Kier alpha value is -2.33. The van der Waals surface area contributed by atoms with Crippen LogP contribution in [-0.2, 0) is 4.79 Å². The zero-order valence-corrected chi connectivity index (χ0v) is 15.4. The highest BCUT2D eigenvalue weighted by Gasteiger charge is 2.23. The van der Waals surface area contributed by atoms with Crippen molar-refractivity contribution in [2.75, 3.05) is 5.32 Å². The fraction of sp³-hybridized carbons (Fsp3) is 0.300. The molecule has 5 heteroatoms. The van der Waals surface area contributed by atoms with Crippen molar-refractivity contribution >= 4 is 29.1 Å². The van der Waals surface area contributed by atoms with E-state index >= 15 is 0 Å². The fourth-order valence-electron chi connectivity index (χ4n) is 2.53. The number of benzene rings is 2. The maximum absolute atomic E-state index is 12.6. The lowest BCUT2D eigenvalue weighted by atomic mass is 10.0. The van der Waals surface area contributed by atoms with Crippen molar-refractivity contribution in [2.24, 2.45) is 5.92 Å². The maximum Gasteiger partial charge on any atom is 0.252 e. The molecule has 0 saturated heterocycles. The van der Waals surface area contributed by atoms with Gasteiger partial charge < -0.3 is 10.6 Å². The van der Waals surface area contributed by atoms with Crippen LogP contribution in [0.4, 0.5) is 5.69 Å². The van der Waals surface area contributed by atoms with Gasteiger partial charge in [0.2, 0.25) is 5.91 Å². The summed E-state index contributed by atoms with van der Waals surface area (Å²) in [5.41, 5.74) is 2.10. The third-order valence-corrected chi connectivity index (χ3v) is 4.08. The minimum atomic E-state index is -0.609. The molecule has 0 aliphatic heterocycles. The molecule has 2 rings (SSSR count). The summed E-state index contributed by atoms with van der Waals surface area (Å²) < 4.78 is 0. The van der Waals surface area contributed by atoms with E-state index in [0.29, 0.717) is 22.7 Å². The molecule has 0 radical (unpaired) electrons. The molecule has 0 bridgehead atoms. The number of hydrogen-bond acceptors (Lipinski definition) is 2. The van der Waals surface area contributed by atoms with Gasteiger partial charge in [0.25, 0.3) is 5.91 Å². The van der Waals surface area contributed by atoms with Gasteiger partial charge in [-0.15, -0.1) is 0 Å². The second kappa shape index (κ2) is 8.67. The zero-order chi connectivity index (χ0) is 18.4. The highest BCUT2D eigenvalue weighted by Crippen LogP contribution is 2.15. The molecule has 0 aliphatic carbocycles. The molecule has 4 nitrogen and oxygen atoms in total. The minimum Gasteiger partial charge on any atom is -0.340 e. The lowest BCUT2D eigenvalue weighted by molar-refractivity contribution is -0.118. The summed E-state index contributed by atoms with van der Waals surface area (Å²) in [6.07, 6.45) is 0.553. The summed E-state index contributed by atoms with van der Waals surface area (Å²) in [5, 5.41) is 6.30. The van der Waals surface area contributed by atoms with Gasteiger partial charge in [0.1, 0.15) is 6.04 Å². The van der Waals surface area contributed by atoms with Crippen molar-refractivity contribution in [3.63, 3.8) is 0 Å². The molecule has 2 N–H and O–H groups in total. The normalized spacial score (nSPS) is 11.9. The monoisotopic (exact) mass is 358 g/mol. The Morgan fingerprint density at radius 1 is 1.04 bits per heavy atom. The first-order valence-electron chi connectivity index (χ1n) is 8.29. The molecule has 0 aromatic heterocycles. The van der Waals surface area contributed by atoms with Gasteiger partial charge >= 0.3 is 0 Å². The van der Waals surface area contributed by atoms with Crippen LogP contribution in [0.3, 0.4) is 0 Å². The van der Waals surface area contributed by atoms with E-state index in [4.69, 9.17) is 11.6 Å². The summed E-state index contributed by atoms with van der Waals surface area (Å²) in [4.78, 5) is 25.2. The van der Waals surface area contributed by atoms with Crippen LogP contribution in [0.5, 0.6) is 0 Å². The molecular weight excluding hydrogens is 336 g/mol. The summed E-state index contributed by atoms with van der Waals surface area (Å²) >= 11 is 5.86. The fourth-order valence-corrected chi connectivity index (χ4v) is 2.66. The topological polar surface area (TPSA) is 58.2 Å². The molecule has 0 fully saturated rings. The Morgan fingerprint density at radius 3 is 2.28 bits per heavy atom. The smallest absolute Gasteiger partial charge is 0.252 e. The minimum absolute atomic E-state index is 0.238. The van der Waals surface area contributed by atoms with E-state index < -0.39 is 6.04 Å². The van der Waals surface area contributed by atoms with Gasteiger partial charge in [0, 0.05) is 16.3 Å². The molecule has 0 saturated carbocycles. The Morgan fingerprint density at radius 2 is 1.68 bits per heavy atom. The largest absolute Gasteiger partial charge is 0.340 e. The second-order valence-electron chi connectivity index (χ2n) is 6.47. The molecular formula is C20H23ClN2O2. The Labute approximate surface area is 153 Å². The Bertz CT molecular complexity index is 742. The quantitative estimate of drug-likeness (QED) is 0.802. The van der Waals surface area contributed by atoms with Crippen LogP contribution >= 0.6 is 11.6 Å². The van der Waals surface area contributed by atoms with Gasteiger partial charge in [0.05, 0.1) is 0 Å². The van der Waals surface area contributed by atoms with Crippen LogP contribution < -0.4 is 10.6 Å². The molecule has 1 unspecified atom stereocenters. The first-order valence-corrected chi connectivity index (χ1v) is 8.67. The van der Waals surface area contributed by atoms with Crippen molar-refractivity contribution in [1.29, 1.82) is 0 Å². The summed E-state index contributed by atoms with van der Waals surface area (Å²) in [6, 6.07) is 13.6. The van der Waals surface area contributed by atoms with E-state index in [1.165, 1.54) is 0 Å². The van der Waals surface area contributed by atoms with Crippen LogP contribution in [0.2, 0.25) is 5.02 Å². The molecule has 25 heavy (non-hydrogen) atoms. The molecule has 2 aromatic carbocycles. The summed E-state index contributed by atoms with van der Waals surface area (Å²) in [6.45, 7) is 5.91.